The number of anilines is 1. The van der Waals surface area contributed by atoms with Crippen molar-refractivity contribution in [3.63, 3.8) is 0 Å². The number of piperazine rings is 1. The van der Waals surface area contributed by atoms with Gasteiger partial charge >= 0.3 is 6.03 Å². The number of carbonyl (C=O) groups excluding carboxylic acids is 3. The number of halogens is 1. The molecule has 4 aromatic rings. The first-order valence-corrected chi connectivity index (χ1v) is 16.9. The molecule has 11 nitrogen and oxygen atoms in total. The molecule has 6 rings (SSSR count). The fourth-order valence-electron chi connectivity index (χ4n) is 6.55. The second-order valence-corrected chi connectivity index (χ2v) is 13.0. The molecule has 2 aliphatic heterocycles. The maximum Gasteiger partial charge on any atom is 0.332 e. The van der Waals surface area contributed by atoms with E-state index in [9.17, 15) is 27.2 Å². The van der Waals surface area contributed by atoms with Gasteiger partial charge in [-0.1, -0.05) is 66.7 Å². The van der Waals surface area contributed by atoms with Crippen molar-refractivity contribution in [2.45, 2.75) is 51.6 Å². The molecule has 0 saturated carbocycles. The molecule has 13 heteroatoms. The highest BCUT2D eigenvalue weighted by atomic mass is 32.2. The molecule has 2 N–H and O–H groups in total. The first-order chi connectivity index (χ1) is 23.1. The monoisotopic (exact) mass is 672 g/mol. The Hall–Kier alpha value is -5.01. The average molecular weight is 673 g/mol. The number of benzene rings is 4. The van der Waals surface area contributed by atoms with Crippen LogP contribution in [0, 0.1) is 5.82 Å². The summed E-state index contributed by atoms with van der Waals surface area (Å²) in [5, 5.41) is 8.24. The van der Waals surface area contributed by atoms with Crippen LogP contribution < -0.4 is 10.0 Å². The van der Waals surface area contributed by atoms with Gasteiger partial charge in [-0.3, -0.25) is 19.3 Å². The van der Waals surface area contributed by atoms with Crippen molar-refractivity contribution in [3.8, 4) is 0 Å². The van der Waals surface area contributed by atoms with Crippen molar-refractivity contribution in [1.82, 2.24) is 25.1 Å². The van der Waals surface area contributed by atoms with Gasteiger partial charge in [0.05, 0.1) is 13.1 Å². The van der Waals surface area contributed by atoms with Gasteiger partial charge < -0.3 is 15.1 Å². The number of urea groups is 1. The van der Waals surface area contributed by atoms with E-state index in [1.165, 1.54) is 17.1 Å². The summed E-state index contributed by atoms with van der Waals surface area (Å²) in [5.41, 5.74) is 2.82. The summed E-state index contributed by atoms with van der Waals surface area (Å²) < 4.78 is 38.0. The van der Waals surface area contributed by atoms with Gasteiger partial charge in [-0.05, 0) is 65.6 Å². The minimum Gasteiger partial charge on any atom is -0.333 e. The number of rotatable bonds is 10. The van der Waals surface area contributed by atoms with Gasteiger partial charge in [0.25, 0.3) is 0 Å². The van der Waals surface area contributed by atoms with Crippen molar-refractivity contribution in [3.05, 3.63) is 114 Å². The normalized spacial score (nSPS) is 18.1. The second kappa shape index (κ2) is 14.0. The van der Waals surface area contributed by atoms with Gasteiger partial charge in [0, 0.05) is 31.2 Å². The van der Waals surface area contributed by atoms with Gasteiger partial charge in [-0.15, -0.1) is 0 Å². The van der Waals surface area contributed by atoms with E-state index in [0.29, 0.717) is 12.2 Å². The Bertz CT molecular complexity index is 1890. The molecule has 2 aliphatic rings. The maximum atomic E-state index is 14.3. The zero-order chi connectivity index (χ0) is 33.9. The molecule has 0 spiro atoms. The second-order valence-electron chi connectivity index (χ2n) is 12.2. The zero-order valence-electron chi connectivity index (χ0n) is 26.6. The Morgan fingerprint density at radius 1 is 0.938 bits per heavy atom. The predicted molar refractivity (Wildman–Crippen MR) is 180 cm³/mol. The van der Waals surface area contributed by atoms with Crippen LogP contribution in [0.3, 0.4) is 0 Å². The molecule has 0 radical (unpaired) electrons. The summed E-state index contributed by atoms with van der Waals surface area (Å²) in [6, 6.07) is 24.9. The van der Waals surface area contributed by atoms with Gasteiger partial charge in [-0.2, -0.15) is 5.01 Å². The Labute approximate surface area is 280 Å². The smallest absolute Gasteiger partial charge is 0.332 e. The van der Waals surface area contributed by atoms with Crippen LogP contribution in [0.1, 0.15) is 30.5 Å². The summed E-state index contributed by atoms with van der Waals surface area (Å²) in [7, 11) is -2.83. The number of hydrazine groups is 1. The maximum absolute atomic E-state index is 14.3. The van der Waals surface area contributed by atoms with E-state index in [0.717, 1.165) is 27.5 Å². The minimum atomic E-state index is -2.83. The first kappa shape index (κ1) is 32.9. The summed E-state index contributed by atoms with van der Waals surface area (Å²) in [6.45, 7) is 4.26. The number of nitrogens with one attached hydrogen (secondary N) is 2. The molecule has 0 aliphatic carbocycles. The molecule has 250 valence electrons. The third kappa shape index (κ3) is 6.97. The van der Waals surface area contributed by atoms with Crippen molar-refractivity contribution in [1.29, 1.82) is 0 Å². The zero-order valence-corrected chi connectivity index (χ0v) is 27.5. The van der Waals surface area contributed by atoms with Crippen molar-refractivity contribution >= 4 is 45.2 Å². The molecule has 48 heavy (non-hydrogen) atoms. The molecule has 0 aromatic heterocycles. The lowest BCUT2D eigenvalue weighted by Crippen LogP contribution is -2.66. The van der Waals surface area contributed by atoms with Crippen LogP contribution in [0.4, 0.5) is 14.9 Å². The minimum absolute atomic E-state index is 0.0991. The highest BCUT2D eigenvalue weighted by Gasteiger charge is 2.52. The highest BCUT2D eigenvalue weighted by molar-refractivity contribution is 7.73. The molecule has 4 aromatic carbocycles. The van der Waals surface area contributed by atoms with Crippen LogP contribution in [0.15, 0.2) is 91.0 Å². The summed E-state index contributed by atoms with van der Waals surface area (Å²) >= 11 is 0. The van der Waals surface area contributed by atoms with Gasteiger partial charge in [0.1, 0.15) is 18.0 Å². The lowest BCUT2D eigenvalue weighted by atomic mass is 9.99. The summed E-state index contributed by atoms with van der Waals surface area (Å²) in [4.78, 5) is 45.1. The third-order valence-corrected chi connectivity index (χ3v) is 9.18. The fraction of sp³-hybridized carbons (Fsp3) is 0.286. The lowest BCUT2D eigenvalue weighted by molar-refractivity contribution is -0.158. The topological polar surface area (TPSA) is 122 Å². The van der Waals surface area contributed by atoms with Crippen LogP contribution in [0.5, 0.6) is 0 Å². The third-order valence-electron chi connectivity index (χ3n) is 8.74. The van der Waals surface area contributed by atoms with E-state index in [4.69, 9.17) is 0 Å². The van der Waals surface area contributed by atoms with E-state index in [1.807, 2.05) is 56.3 Å². The van der Waals surface area contributed by atoms with E-state index >= 15 is 0 Å². The van der Waals surface area contributed by atoms with Crippen molar-refractivity contribution < 1.29 is 27.2 Å². The van der Waals surface area contributed by atoms with Gasteiger partial charge in [0.15, 0.2) is 0 Å². The van der Waals surface area contributed by atoms with E-state index in [1.54, 1.807) is 51.2 Å². The number of amides is 4. The average Bonchev–Trinajstić information content (AvgIpc) is 3.38. The molecular formula is C35H37FN6O5S. The highest BCUT2D eigenvalue weighted by Crippen LogP contribution is 2.32. The predicted octanol–water partition coefficient (Wildman–Crippen LogP) is 3.88. The molecule has 2 saturated heterocycles. The van der Waals surface area contributed by atoms with Crippen molar-refractivity contribution in [2.24, 2.45) is 0 Å². The standard InChI is InChI=1S/C35H37FN6O5S/c1-23(2)42(35(45)37-19-25-10-14-28(36)15-11-25)40-22-33(43)41-31(18-24-12-16-29(17-13-24)38-48(46)47)34(44)39(21-32(40)41)20-27-8-5-7-26-6-3-4-9-30(26)27/h3-17,23,31-32,48H,18-22H2,1-2H3,(H,37,45)(H,38,46,47)/t31-,32?/m0/s1. The lowest BCUT2D eigenvalue weighted by Gasteiger charge is -2.47. The van der Waals surface area contributed by atoms with Gasteiger partial charge in [0.2, 0.25) is 22.7 Å². The summed E-state index contributed by atoms with van der Waals surface area (Å²) in [5.74, 6) is -0.858. The summed E-state index contributed by atoms with van der Waals surface area (Å²) in [6.07, 6.45) is -0.428. The number of thiol groups is 1. The first-order valence-electron chi connectivity index (χ1n) is 15.7. The molecule has 4 amide bonds. The number of nitrogens with zero attached hydrogens (tertiary/aromatic N) is 4. The molecule has 2 fully saturated rings. The molecule has 1 unspecified atom stereocenters. The molecule has 0 bridgehead atoms. The Morgan fingerprint density at radius 2 is 1.62 bits per heavy atom. The largest absolute Gasteiger partial charge is 0.333 e. The van der Waals surface area contributed by atoms with E-state index in [-0.39, 0.29) is 49.7 Å². The molecule has 2 heterocycles. The fourth-order valence-corrected chi connectivity index (χ4v) is 6.91. The SMILES string of the molecule is CC(C)N(C(=O)NCc1ccc(F)cc1)N1CC(=O)N2C1CN(Cc1cccc3ccccc13)C(=O)[C@@H]2Cc1ccc(N[SH](=O)=O)cc1. The van der Waals surface area contributed by atoms with Crippen LogP contribution in [-0.4, -0.2) is 77.4 Å². The van der Waals surface area contributed by atoms with E-state index in [2.05, 4.69) is 10.0 Å². The molecule has 2 atom stereocenters. The number of fused-ring (bicyclic) bond motifs is 2. The Balaban J connectivity index is 1.31. The van der Waals surface area contributed by atoms with Gasteiger partial charge in [-0.25, -0.2) is 17.6 Å². The Kier molecular flexibility index (Phi) is 9.60. The number of hydrogen-bond acceptors (Lipinski definition) is 6. The molecular weight excluding hydrogens is 635 g/mol. The van der Waals surface area contributed by atoms with Crippen molar-refractivity contribution in [2.75, 3.05) is 17.8 Å². The number of carbonyl (C=O) groups is 3. The van der Waals surface area contributed by atoms with Crippen LogP contribution >= 0.6 is 0 Å². The Morgan fingerprint density at radius 3 is 2.33 bits per heavy atom. The number of hydrogen-bond donors (Lipinski definition) is 3. The van der Waals surface area contributed by atoms with Crippen LogP contribution in [-0.2, 0) is 40.0 Å². The quantitative estimate of drug-likeness (QED) is 0.220. The van der Waals surface area contributed by atoms with Crippen LogP contribution in [0.25, 0.3) is 10.8 Å². The van der Waals surface area contributed by atoms with E-state index < -0.39 is 29.1 Å². The van der Waals surface area contributed by atoms with Crippen LogP contribution in [0.2, 0.25) is 0 Å².